The standard InChI is InChI=1S/C30H27N3O6S2/c1-6-38-29(35)26-18(4)31-30-32(27(26)19-7-10-22(40-5)11-8-19)28(34)25(41-30)15-21-9-12-24(39-21)20-13-16(2)17(3)23(14-20)33(36)37/h7-15,27H,6H2,1-5H3/b25-15-. The Labute approximate surface area is 243 Å². The second-order valence-corrected chi connectivity index (χ2v) is 11.4. The molecule has 2 aromatic heterocycles. The number of thioether (sulfide) groups is 1. The molecule has 0 spiro atoms. The fourth-order valence-electron chi connectivity index (χ4n) is 4.78. The van der Waals surface area contributed by atoms with Gasteiger partial charge in [-0.25, -0.2) is 9.79 Å². The average molecular weight is 590 g/mol. The van der Waals surface area contributed by atoms with Crippen molar-refractivity contribution < 1.29 is 18.9 Å². The first-order chi connectivity index (χ1) is 19.6. The molecule has 3 heterocycles. The van der Waals surface area contributed by atoms with E-state index in [0.29, 0.717) is 43.3 Å². The lowest BCUT2D eigenvalue weighted by Gasteiger charge is -2.24. The quantitative estimate of drug-likeness (QED) is 0.124. The number of fused-ring (bicyclic) bond motifs is 1. The Bertz CT molecular complexity index is 1900. The Morgan fingerprint density at radius 1 is 1.20 bits per heavy atom. The number of nitrogens with zero attached hydrogens (tertiary/aromatic N) is 3. The molecular formula is C30H27N3O6S2. The van der Waals surface area contributed by atoms with Gasteiger partial charge in [0.15, 0.2) is 4.80 Å². The minimum absolute atomic E-state index is 0.0181. The maximum atomic E-state index is 13.8. The van der Waals surface area contributed by atoms with Gasteiger partial charge in [-0.1, -0.05) is 23.5 Å². The summed E-state index contributed by atoms with van der Waals surface area (Å²) in [6, 6.07) is 13.8. The molecule has 1 aliphatic rings. The summed E-state index contributed by atoms with van der Waals surface area (Å²) < 4.78 is 13.3. The number of nitro benzene ring substituents is 1. The van der Waals surface area contributed by atoms with Crippen LogP contribution >= 0.6 is 23.1 Å². The maximum Gasteiger partial charge on any atom is 0.338 e. The molecule has 1 atom stereocenters. The first kappa shape index (κ1) is 28.3. The van der Waals surface area contributed by atoms with Gasteiger partial charge in [0.2, 0.25) is 0 Å². The van der Waals surface area contributed by atoms with E-state index in [9.17, 15) is 19.7 Å². The molecule has 11 heteroatoms. The van der Waals surface area contributed by atoms with Crippen LogP contribution in [0.1, 0.15) is 42.3 Å². The van der Waals surface area contributed by atoms with Crippen LogP contribution in [0, 0.1) is 24.0 Å². The lowest BCUT2D eigenvalue weighted by molar-refractivity contribution is -0.385. The summed E-state index contributed by atoms with van der Waals surface area (Å²) in [5.74, 6) is 0.343. The van der Waals surface area contributed by atoms with E-state index in [1.165, 1.54) is 22.0 Å². The van der Waals surface area contributed by atoms with Crippen LogP contribution in [0.25, 0.3) is 17.4 Å². The van der Waals surface area contributed by atoms with Gasteiger partial charge >= 0.3 is 5.97 Å². The van der Waals surface area contributed by atoms with Gasteiger partial charge in [0.05, 0.1) is 33.4 Å². The van der Waals surface area contributed by atoms with E-state index in [0.717, 1.165) is 16.0 Å². The van der Waals surface area contributed by atoms with Crippen molar-refractivity contribution in [3.05, 3.63) is 112 Å². The third kappa shape index (κ3) is 5.30. The van der Waals surface area contributed by atoms with Gasteiger partial charge in [0, 0.05) is 28.2 Å². The molecule has 0 saturated heterocycles. The number of esters is 1. The fourth-order valence-corrected chi connectivity index (χ4v) is 6.22. The third-order valence-electron chi connectivity index (χ3n) is 6.97. The van der Waals surface area contributed by atoms with E-state index in [4.69, 9.17) is 9.15 Å². The molecule has 210 valence electrons. The van der Waals surface area contributed by atoms with Crippen molar-refractivity contribution in [3.63, 3.8) is 0 Å². The Kier molecular flexibility index (Phi) is 7.83. The van der Waals surface area contributed by atoms with Crippen LogP contribution in [-0.2, 0) is 9.53 Å². The molecule has 0 bridgehead atoms. The maximum absolute atomic E-state index is 13.8. The molecule has 5 rings (SSSR count). The Morgan fingerprint density at radius 3 is 2.59 bits per heavy atom. The first-order valence-electron chi connectivity index (χ1n) is 12.8. The van der Waals surface area contributed by atoms with E-state index in [-0.39, 0.29) is 17.9 Å². The second kappa shape index (κ2) is 11.3. The van der Waals surface area contributed by atoms with Crippen LogP contribution in [0.5, 0.6) is 0 Å². The highest BCUT2D eigenvalue weighted by molar-refractivity contribution is 7.98. The summed E-state index contributed by atoms with van der Waals surface area (Å²) in [5, 5.41) is 11.5. The van der Waals surface area contributed by atoms with E-state index in [1.807, 2.05) is 43.5 Å². The number of benzene rings is 2. The van der Waals surface area contributed by atoms with Gasteiger partial charge in [-0.05, 0) is 75.4 Å². The zero-order valence-corrected chi connectivity index (χ0v) is 24.7. The number of allylic oxidation sites excluding steroid dienone is 1. The number of rotatable bonds is 7. The summed E-state index contributed by atoms with van der Waals surface area (Å²) in [6.07, 6.45) is 3.60. The van der Waals surface area contributed by atoms with Crippen molar-refractivity contribution in [2.75, 3.05) is 12.9 Å². The molecule has 1 aliphatic heterocycles. The number of hydrogen-bond acceptors (Lipinski definition) is 9. The van der Waals surface area contributed by atoms with Crippen LogP contribution in [0.3, 0.4) is 0 Å². The third-order valence-corrected chi connectivity index (χ3v) is 8.70. The number of aromatic nitrogens is 1. The highest BCUT2D eigenvalue weighted by Gasteiger charge is 2.33. The number of ether oxygens (including phenoxy) is 1. The number of carbonyl (C=O) groups excluding carboxylic acids is 1. The molecule has 0 aliphatic carbocycles. The molecule has 9 nitrogen and oxygen atoms in total. The van der Waals surface area contributed by atoms with Gasteiger partial charge in [-0.2, -0.15) is 0 Å². The number of thiazole rings is 1. The number of aryl methyl sites for hydroxylation is 1. The number of furan rings is 1. The van der Waals surface area contributed by atoms with Gasteiger partial charge in [-0.3, -0.25) is 19.5 Å². The van der Waals surface area contributed by atoms with E-state index in [2.05, 4.69) is 4.99 Å². The zero-order valence-electron chi connectivity index (χ0n) is 23.1. The SMILES string of the molecule is CCOC(=O)C1=C(C)N=c2s/c(=C\c3ccc(-c4cc(C)c(C)c([N+](=O)[O-])c4)o3)c(=O)n2C1c1ccc(SC)cc1. The molecule has 0 fully saturated rings. The Balaban J connectivity index is 1.62. The van der Waals surface area contributed by atoms with Crippen LogP contribution in [0.4, 0.5) is 5.69 Å². The average Bonchev–Trinajstić information content (AvgIpc) is 3.53. The molecule has 0 radical (unpaired) electrons. The van der Waals surface area contributed by atoms with Gasteiger partial charge in [0.1, 0.15) is 11.5 Å². The summed E-state index contributed by atoms with van der Waals surface area (Å²) in [4.78, 5) is 44.1. The Hall–Kier alpha value is -4.22. The number of nitro groups is 1. The smallest absolute Gasteiger partial charge is 0.338 e. The summed E-state index contributed by atoms with van der Waals surface area (Å²) >= 11 is 2.80. The molecule has 2 aromatic carbocycles. The van der Waals surface area contributed by atoms with E-state index >= 15 is 0 Å². The normalized spacial score (nSPS) is 15.0. The van der Waals surface area contributed by atoms with Gasteiger partial charge in [-0.15, -0.1) is 11.8 Å². The van der Waals surface area contributed by atoms with Crippen LogP contribution in [0.15, 0.2) is 78.9 Å². The Morgan fingerprint density at radius 2 is 1.93 bits per heavy atom. The van der Waals surface area contributed by atoms with Crippen LogP contribution in [0.2, 0.25) is 0 Å². The molecule has 0 saturated carbocycles. The number of carbonyl (C=O) groups is 1. The molecule has 0 amide bonds. The molecule has 1 unspecified atom stereocenters. The van der Waals surface area contributed by atoms with Gasteiger partial charge < -0.3 is 9.15 Å². The summed E-state index contributed by atoms with van der Waals surface area (Å²) in [7, 11) is 0. The highest BCUT2D eigenvalue weighted by Crippen LogP contribution is 2.33. The molecular weight excluding hydrogens is 562 g/mol. The minimum atomic E-state index is -0.702. The van der Waals surface area contributed by atoms with Crippen molar-refractivity contribution in [1.29, 1.82) is 0 Å². The second-order valence-electron chi connectivity index (χ2n) is 9.47. The first-order valence-corrected chi connectivity index (χ1v) is 14.9. The van der Waals surface area contributed by atoms with Crippen molar-refractivity contribution in [2.24, 2.45) is 4.99 Å². The number of hydrogen-bond donors (Lipinski definition) is 0. The molecule has 41 heavy (non-hydrogen) atoms. The highest BCUT2D eigenvalue weighted by atomic mass is 32.2. The molecule has 0 N–H and O–H groups in total. The van der Waals surface area contributed by atoms with Crippen molar-refractivity contribution in [2.45, 2.75) is 38.6 Å². The van der Waals surface area contributed by atoms with Crippen molar-refractivity contribution in [3.8, 4) is 11.3 Å². The van der Waals surface area contributed by atoms with E-state index < -0.39 is 16.9 Å². The van der Waals surface area contributed by atoms with Crippen LogP contribution < -0.4 is 14.9 Å². The van der Waals surface area contributed by atoms with Crippen LogP contribution in [-0.4, -0.2) is 28.3 Å². The summed E-state index contributed by atoms with van der Waals surface area (Å²) in [5.41, 5.74) is 3.23. The summed E-state index contributed by atoms with van der Waals surface area (Å²) in [6.45, 7) is 7.20. The van der Waals surface area contributed by atoms with Crippen molar-refractivity contribution in [1.82, 2.24) is 4.57 Å². The molecule has 4 aromatic rings. The zero-order chi connectivity index (χ0) is 29.4. The lowest BCUT2D eigenvalue weighted by Crippen LogP contribution is -2.39. The van der Waals surface area contributed by atoms with E-state index in [1.54, 1.807) is 50.7 Å². The minimum Gasteiger partial charge on any atom is -0.463 e. The predicted molar refractivity (Wildman–Crippen MR) is 159 cm³/mol. The van der Waals surface area contributed by atoms with Gasteiger partial charge in [0.25, 0.3) is 11.2 Å². The lowest BCUT2D eigenvalue weighted by atomic mass is 9.96. The van der Waals surface area contributed by atoms with Crippen molar-refractivity contribution >= 4 is 40.8 Å². The fraction of sp³-hybridized carbons (Fsp3) is 0.233. The monoisotopic (exact) mass is 589 g/mol. The predicted octanol–water partition coefficient (Wildman–Crippen LogP) is 5.31. The topological polar surface area (TPSA) is 117 Å². The largest absolute Gasteiger partial charge is 0.463 e.